The number of nitrogens with one attached hydrogen (secondary N) is 4. The molecule has 4 amide bonds. The van der Waals surface area contributed by atoms with Crippen LogP contribution in [0.1, 0.15) is 59.5 Å². The summed E-state index contributed by atoms with van der Waals surface area (Å²) >= 11 is 37.2. The molecule has 14 nitrogen and oxygen atoms in total. The second kappa shape index (κ2) is 22.2. The zero-order valence-corrected chi connectivity index (χ0v) is 38.7. The van der Waals surface area contributed by atoms with Crippen LogP contribution in [0, 0.1) is 0 Å². The average Bonchev–Trinajstić information content (AvgIpc) is 3.25. The third kappa shape index (κ3) is 12.1. The number of Topliss-reactive ketones (excluding diaryl/α,β-unsaturated/α-hetero) is 2. The Bertz CT molecular complexity index is 2560. The summed E-state index contributed by atoms with van der Waals surface area (Å²) in [5, 5.41) is 27.9. The minimum absolute atomic E-state index is 0.0104. The van der Waals surface area contributed by atoms with Gasteiger partial charge in [0.15, 0.2) is 11.6 Å². The van der Waals surface area contributed by atoms with Crippen LogP contribution in [0.2, 0.25) is 30.1 Å². The SMILES string of the molecule is CCc1c(NC(=O)C(N=Nc2cc(C(=O)Nc3cccc(Cl)c3Cl)ccc2Cl)C(C)=O)ccc(NC(=O)C(N=Nc2cc(C(=O)Nc3cccc(Cl)c3Cl)ccc2Cl)C(C)=O)c1CC. The molecule has 5 aromatic rings. The first-order valence-electron chi connectivity index (χ1n) is 19.1. The van der Waals surface area contributed by atoms with Crippen LogP contribution in [0.15, 0.2) is 105 Å². The van der Waals surface area contributed by atoms with Crippen LogP contribution in [0.5, 0.6) is 0 Å². The van der Waals surface area contributed by atoms with Crippen LogP contribution in [-0.4, -0.2) is 47.3 Å². The molecule has 5 aromatic carbocycles. The van der Waals surface area contributed by atoms with E-state index in [0.717, 1.165) is 0 Å². The lowest BCUT2D eigenvalue weighted by molar-refractivity contribution is -0.127. The van der Waals surface area contributed by atoms with Crippen LogP contribution < -0.4 is 21.3 Å². The first kappa shape index (κ1) is 49.3. The fourth-order valence-corrected chi connectivity index (χ4v) is 7.07. The monoisotopic (exact) mass is 982 g/mol. The highest BCUT2D eigenvalue weighted by atomic mass is 35.5. The summed E-state index contributed by atoms with van der Waals surface area (Å²) in [6.45, 7) is 6.00. The number of nitrogens with zero attached hydrogens (tertiary/aromatic N) is 4. The maximum Gasteiger partial charge on any atom is 0.258 e. The fourth-order valence-electron chi connectivity index (χ4n) is 6.06. The van der Waals surface area contributed by atoms with Gasteiger partial charge >= 0.3 is 0 Å². The molecule has 0 spiro atoms. The van der Waals surface area contributed by atoms with Gasteiger partial charge in [-0.2, -0.15) is 20.5 Å². The van der Waals surface area contributed by atoms with Gasteiger partial charge in [-0.1, -0.05) is 95.6 Å². The number of anilines is 4. The molecule has 0 aliphatic carbocycles. The lowest BCUT2D eigenvalue weighted by Crippen LogP contribution is -2.33. The van der Waals surface area contributed by atoms with E-state index < -0.39 is 47.3 Å². The van der Waals surface area contributed by atoms with Crippen molar-refractivity contribution in [2.75, 3.05) is 21.3 Å². The highest BCUT2D eigenvalue weighted by molar-refractivity contribution is 6.44. The smallest absolute Gasteiger partial charge is 0.258 e. The van der Waals surface area contributed by atoms with Crippen molar-refractivity contribution in [2.45, 2.75) is 52.6 Å². The predicted molar refractivity (Wildman–Crippen MR) is 252 cm³/mol. The second-order valence-electron chi connectivity index (χ2n) is 13.7. The number of ketones is 2. The average molecular weight is 986 g/mol. The van der Waals surface area contributed by atoms with Crippen molar-refractivity contribution in [1.82, 2.24) is 0 Å². The Morgan fingerprint density at radius 3 is 1.20 bits per heavy atom. The third-order valence-corrected chi connectivity index (χ3v) is 11.6. The van der Waals surface area contributed by atoms with E-state index in [9.17, 15) is 28.8 Å². The summed E-state index contributed by atoms with van der Waals surface area (Å²) in [6.07, 6.45) is 0.753. The van der Waals surface area contributed by atoms with Crippen LogP contribution in [-0.2, 0) is 32.0 Å². The quantitative estimate of drug-likeness (QED) is 0.0560. The molecule has 2 unspecified atom stereocenters. The molecule has 20 heteroatoms. The zero-order chi connectivity index (χ0) is 46.8. The molecule has 0 radical (unpaired) electrons. The number of halogens is 6. The van der Waals surface area contributed by atoms with Crippen molar-refractivity contribution in [1.29, 1.82) is 0 Å². The number of rotatable bonds is 16. The van der Waals surface area contributed by atoms with Gasteiger partial charge in [0, 0.05) is 22.5 Å². The molecule has 2 atom stereocenters. The molecule has 0 saturated carbocycles. The lowest BCUT2D eigenvalue weighted by Gasteiger charge is -2.20. The predicted octanol–water partition coefficient (Wildman–Crippen LogP) is 12.6. The van der Waals surface area contributed by atoms with E-state index in [1.54, 1.807) is 36.4 Å². The number of carbonyl (C=O) groups is 6. The lowest BCUT2D eigenvalue weighted by atomic mass is 9.98. The minimum atomic E-state index is -1.61. The third-order valence-electron chi connectivity index (χ3n) is 9.30. The standard InChI is InChI=1S/C44H36Cl6N8O6/c1-5-25-26(6-2)32(52-44(64)40(22(4)60)58-56-36-20-24(14-16-28(36)46)42(62)54-34-12-8-10-30(48)38(34)50)18-17-31(25)51-43(63)39(21(3)59)57-55-35-19-23(13-15-27(35)45)41(61)53-33-11-7-9-29(47)37(33)49/h7-20,39-40H,5-6H2,1-4H3,(H,51,63)(H,52,64)(H,53,61)(H,54,62). The van der Waals surface area contributed by atoms with Gasteiger partial charge in [0.05, 0.1) is 41.5 Å². The largest absolute Gasteiger partial charge is 0.323 e. The van der Waals surface area contributed by atoms with Crippen molar-refractivity contribution in [2.24, 2.45) is 20.5 Å². The Morgan fingerprint density at radius 1 is 0.484 bits per heavy atom. The van der Waals surface area contributed by atoms with Crippen molar-refractivity contribution in [3.8, 4) is 0 Å². The molecular formula is C44H36Cl6N8O6. The van der Waals surface area contributed by atoms with Gasteiger partial charge < -0.3 is 21.3 Å². The van der Waals surface area contributed by atoms with E-state index in [1.165, 1.54) is 62.4 Å². The van der Waals surface area contributed by atoms with Crippen LogP contribution >= 0.6 is 69.6 Å². The molecular weight excluding hydrogens is 949 g/mol. The Hall–Kier alpha value is -5.74. The van der Waals surface area contributed by atoms with Gasteiger partial charge in [-0.25, -0.2) is 0 Å². The van der Waals surface area contributed by atoms with Gasteiger partial charge in [-0.3, -0.25) is 28.8 Å². The molecule has 0 heterocycles. The number of azo groups is 2. The number of benzene rings is 5. The maximum atomic E-state index is 13.6. The molecule has 4 N–H and O–H groups in total. The van der Waals surface area contributed by atoms with Crippen LogP contribution in [0.25, 0.3) is 0 Å². The van der Waals surface area contributed by atoms with Gasteiger partial charge in [-0.15, -0.1) is 0 Å². The molecule has 0 aromatic heterocycles. The van der Waals surface area contributed by atoms with E-state index in [2.05, 4.69) is 41.7 Å². The molecule has 0 fully saturated rings. The van der Waals surface area contributed by atoms with Gasteiger partial charge in [0.25, 0.3) is 23.6 Å². The highest BCUT2D eigenvalue weighted by Gasteiger charge is 2.27. The summed E-state index contributed by atoms with van der Waals surface area (Å²) in [4.78, 5) is 78.7. The molecule has 0 aliphatic heterocycles. The Labute approximate surface area is 397 Å². The first-order valence-corrected chi connectivity index (χ1v) is 21.4. The number of carbonyl (C=O) groups excluding carboxylic acids is 6. The van der Waals surface area contributed by atoms with Gasteiger partial charge in [0.1, 0.15) is 11.4 Å². The summed E-state index contributed by atoms with van der Waals surface area (Å²) in [7, 11) is 0. The van der Waals surface area contributed by atoms with Gasteiger partial charge in [-0.05, 0) is 111 Å². The van der Waals surface area contributed by atoms with E-state index in [4.69, 9.17) is 69.6 Å². The van der Waals surface area contributed by atoms with Crippen molar-refractivity contribution in [3.05, 3.63) is 137 Å². The number of hydrogen-bond donors (Lipinski definition) is 4. The summed E-state index contributed by atoms with van der Waals surface area (Å²) < 4.78 is 0. The van der Waals surface area contributed by atoms with E-state index >= 15 is 0 Å². The second-order valence-corrected chi connectivity index (χ2v) is 16.1. The number of amides is 4. The van der Waals surface area contributed by atoms with Crippen LogP contribution in [0.3, 0.4) is 0 Å². The van der Waals surface area contributed by atoms with Crippen molar-refractivity contribution in [3.63, 3.8) is 0 Å². The molecule has 64 heavy (non-hydrogen) atoms. The van der Waals surface area contributed by atoms with Gasteiger partial charge in [0.2, 0.25) is 12.1 Å². The molecule has 0 bridgehead atoms. The Kier molecular flexibility index (Phi) is 17.1. The number of hydrogen-bond acceptors (Lipinski definition) is 10. The molecule has 0 aliphatic rings. The maximum absolute atomic E-state index is 13.6. The first-order chi connectivity index (χ1) is 30.4. The van der Waals surface area contributed by atoms with Crippen molar-refractivity contribution >= 4 is 139 Å². The highest BCUT2D eigenvalue weighted by Crippen LogP contribution is 2.34. The van der Waals surface area contributed by atoms with E-state index in [-0.39, 0.29) is 64.0 Å². The van der Waals surface area contributed by atoms with Crippen molar-refractivity contribution < 1.29 is 28.8 Å². The summed E-state index contributed by atoms with van der Waals surface area (Å²) in [5.74, 6) is -4.01. The molecule has 330 valence electrons. The van der Waals surface area contributed by atoms with E-state index in [1.807, 2.05) is 13.8 Å². The topological polar surface area (TPSA) is 200 Å². The minimum Gasteiger partial charge on any atom is -0.323 e. The van der Waals surface area contributed by atoms with Crippen LogP contribution in [0.4, 0.5) is 34.1 Å². The normalized spacial score (nSPS) is 12.2. The molecule has 0 saturated heterocycles. The fraction of sp³-hybridized carbons (Fsp3) is 0.182. The zero-order valence-electron chi connectivity index (χ0n) is 34.2. The Balaban J connectivity index is 1.32. The van der Waals surface area contributed by atoms with E-state index in [0.29, 0.717) is 35.3 Å². The Morgan fingerprint density at radius 2 is 0.859 bits per heavy atom. The molecule has 5 rings (SSSR count). The summed E-state index contributed by atoms with van der Waals surface area (Å²) in [6, 6.07) is 17.7. The summed E-state index contributed by atoms with van der Waals surface area (Å²) in [5.41, 5.74) is 2.73.